The fourth-order valence-corrected chi connectivity index (χ4v) is 2.49. The summed E-state index contributed by atoms with van der Waals surface area (Å²) in [5, 5.41) is 8.31. The molecule has 0 bridgehead atoms. The highest BCUT2D eigenvalue weighted by Crippen LogP contribution is 2.11. The SMILES string of the molecule is C[C@H]([C@H](C)S(C)(=O)=O)N(C)CCCCCO. The normalized spacial score (nSPS) is 16.4. The molecule has 0 aliphatic rings. The van der Waals surface area contributed by atoms with E-state index in [9.17, 15) is 8.42 Å². The Labute approximate surface area is 99.6 Å². The van der Waals surface area contributed by atoms with Crippen LogP contribution in [0.25, 0.3) is 0 Å². The molecule has 16 heavy (non-hydrogen) atoms. The van der Waals surface area contributed by atoms with Gasteiger partial charge in [-0.05, 0) is 46.7 Å². The number of nitrogens with zero attached hydrogens (tertiary/aromatic N) is 1. The van der Waals surface area contributed by atoms with Crippen LogP contribution in [0.4, 0.5) is 0 Å². The van der Waals surface area contributed by atoms with E-state index in [0.717, 1.165) is 25.8 Å². The highest BCUT2D eigenvalue weighted by Gasteiger charge is 2.24. The first-order chi connectivity index (χ1) is 7.30. The molecule has 5 heteroatoms. The second-order valence-electron chi connectivity index (χ2n) is 4.54. The molecule has 0 radical (unpaired) electrons. The van der Waals surface area contributed by atoms with Crippen LogP contribution in [0.2, 0.25) is 0 Å². The van der Waals surface area contributed by atoms with E-state index in [1.165, 1.54) is 6.26 Å². The van der Waals surface area contributed by atoms with Crippen LogP contribution in [0.5, 0.6) is 0 Å². The number of sulfone groups is 1. The van der Waals surface area contributed by atoms with Gasteiger partial charge in [-0.25, -0.2) is 8.42 Å². The van der Waals surface area contributed by atoms with Crippen LogP contribution in [0.1, 0.15) is 33.1 Å². The molecule has 0 aliphatic heterocycles. The van der Waals surface area contributed by atoms with Crippen molar-refractivity contribution in [1.82, 2.24) is 4.90 Å². The molecule has 0 heterocycles. The van der Waals surface area contributed by atoms with Gasteiger partial charge >= 0.3 is 0 Å². The van der Waals surface area contributed by atoms with Gasteiger partial charge in [-0.3, -0.25) is 0 Å². The van der Waals surface area contributed by atoms with Gasteiger partial charge in [0.2, 0.25) is 0 Å². The van der Waals surface area contributed by atoms with Crippen molar-refractivity contribution in [3.63, 3.8) is 0 Å². The van der Waals surface area contributed by atoms with Gasteiger partial charge in [-0.1, -0.05) is 0 Å². The van der Waals surface area contributed by atoms with Crippen molar-refractivity contribution in [3.05, 3.63) is 0 Å². The largest absolute Gasteiger partial charge is 0.396 e. The number of unbranched alkanes of at least 4 members (excludes halogenated alkanes) is 2. The van der Waals surface area contributed by atoms with E-state index in [1.54, 1.807) is 6.92 Å². The molecule has 0 spiro atoms. The van der Waals surface area contributed by atoms with Crippen molar-refractivity contribution < 1.29 is 13.5 Å². The highest BCUT2D eigenvalue weighted by atomic mass is 32.2. The maximum absolute atomic E-state index is 11.4. The molecule has 0 saturated carbocycles. The monoisotopic (exact) mass is 251 g/mol. The lowest BCUT2D eigenvalue weighted by Crippen LogP contribution is -2.41. The third-order valence-corrected chi connectivity index (χ3v) is 4.96. The summed E-state index contributed by atoms with van der Waals surface area (Å²) >= 11 is 0. The second-order valence-corrected chi connectivity index (χ2v) is 6.94. The molecule has 0 rings (SSSR count). The van der Waals surface area contributed by atoms with Gasteiger partial charge in [-0.15, -0.1) is 0 Å². The van der Waals surface area contributed by atoms with Gasteiger partial charge in [0, 0.05) is 18.9 Å². The molecule has 0 fully saturated rings. The van der Waals surface area contributed by atoms with Crippen LogP contribution in [-0.2, 0) is 9.84 Å². The van der Waals surface area contributed by atoms with Crippen LogP contribution >= 0.6 is 0 Å². The second kappa shape index (κ2) is 7.25. The lowest BCUT2D eigenvalue weighted by molar-refractivity contribution is 0.239. The maximum Gasteiger partial charge on any atom is 0.151 e. The van der Waals surface area contributed by atoms with Crippen molar-refractivity contribution in [3.8, 4) is 0 Å². The van der Waals surface area contributed by atoms with Gasteiger partial charge in [-0.2, -0.15) is 0 Å². The summed E-state index contributed by atoms with van der Waals surface area (Å²) in [7, 11) is -1.01. The summed E-state index contributed by atoms with van der Waals surface area (Å²) in [5.74, 6) is 0. The Morgan fingerprint density at radius 3 is 2.19 bits per heavy atom. The Morgan fingerprint density at radius 2 is 1.75 bits per heavy atom. The number of hydrogen-bond donors (Lipinski definition) is 1. The topological polar surface area (TPSA) is 57.6 Å². The first-order valence-corrected chi connectivity index (χ1v) is 7.76. The van der Waals surface area contributed by atoms with Crippen molar-refractivity contribution in [2.45, 2.75) is 44.4 Å². The zero-order valence-corrected chi connectivity index (χ0v) is 11.6. The Morgan fingerprint density at radius 1 is 1.19 bits per heavy atom. The van der Waals surface area contributed by atoms with E-state index in [0.29, 0.717) is 0 Å². The molecule has 1 N–H and O–H groups in total. The first kappa shape index (κ1) is 15.9. The molecule has 0 aromatic heterocycles. The molecule has 4 nitrogen and oxygen atoms in total. The van der Waals surface area contributed by atoms with Gasteiger partial charge in [0.25, 0.3) is 0 Å². The Balaban J connectivity index is 4.03. The number of rotatable bonds is 8. The summed E-state index contributed by atoms with van der Waals surface area (Å²) in [5.41, 5.74) is 0. The third-order valence-electron chi connectivity index (χ3n) is 3.22. The van der Waals surface area contributed by atoms with Crippen LogP contribution in [0.15, 0.2) is 0 Å². The van der Waals surface area contributed by atoms with Gasteiger partial charge in [0.1, 0.15) is 0 Å². The van der Waals surface area contributed by atoms with E-state index in [1.807, 2.05) is 14.0 Å². The average molecular weight is 251 g/mol. The molecule has 0 aromatic rings. The fourth-order valence-electron chi connectivity index (χ4n) is 1.57. The van der Waals surface area contributed by atoms with Crippen LogP contribution in [0.3, 0.4) is 0 Å². The van der Waals surface area contributed by atoms with E-state index in [4.69, 9.17) is 5.11 Å². The van der Waals surface area contributed by atoms with Crippen LogP contribution < -0.4 is 0 Å². The van der Waals surface area contributed by atoms with E-state index in [-0.39, 0.29) is 17.9 Å². The van der Waals surface area contributed by atoms with Crippen molar-refractivity contribution in [2.75, 3.05) is 26.5 Å². The number of hydrogen-bond acceptors (Lipinski definition) is 4. The first-order valence-electron chi connectivity index (χ1n) is 5.80. The summed E-state index contributed by atoms with van der Waals surface area (Å²) in [6.45, 7) is 4.81. The molecule has 0 saturated heterocycles. The van der Waals surface area contributed by atoms with Gasteiger partial charge in [0.05, 0.1) is 5.25 Å². The zero-order chi connectivity index (χ0) is 12.8. The lowest BCUT2D eigenvalue weighted by Gasteiger charge is -2.28. The van der Waals surface area contributed by atoms with Crippen LogP contribution in [0, 0.1) is 0 Å². The molecule has 0 aliphatic carbocycles. The molecule has 0 aromatic carbocycles. The third kappa shape index (κ3) is 5.82. The molecule has 0 unspecified atom stereocenters. The van der Waals surface area contributed by atoms with Gasteiger partial charge < -0.3 is 10.0 Å². The van der Waals surface area contributed by atoms with Crippen molar-refractivity contribution in [1.29, 1.82) is 0 Å². The minimum atomic E-state index is -2.96. The summed E-state index contributed by atoms with van der Waals surface area (Å²) < 4.78 is 22.8. The Bertz CT molecular complexity index is 277. The average Bonchev–Trinajstić information content (AvgIpc) is 2.20. The Kier molecular flexibility index (Phi) is 7.19. The Hall–Kier alpha value is -0.130. The molecule has 2 atom stereocenters. The molecular formula is C11H25NO3S. The number of aliphatic hydroxyl groups excluding tert-OH is 1. The van der Waals surface area contributed by atoms with Crippen LogP contribution in [-0.4, -0.2) is 56.2 Å². The fraction of sp³-hybridized carbons (Fsp3) is 1.00. The van der Waals surface area contributed by atoms with E-state index in [2.05, 4.69) is 4.90 Å². The minimum absolute atomic E-state index is 0.0316. The standard InChI is InChI=1S/C11H25NO3S/c1-10(11(2)16(4,14)15)12(3)8-6-5-7-9-13/h10-11,13H,5-9H2,1-4H3/t10-,11+/m1/s1. The quantitative estimate of drug-likeness (QED) is 0.651. The lowest BCUT2D eigenvalue weighted by atomic mass is 10.2. The summed E-state index contributed by atoms with van der Waals surface area (Å²) in [6, 6.07) is 0.0316. The molecular weight excluding hydrogens is 226 g/mol. The molecule has 98 valence electrons. The van der Waals surface area contributed by atoms with E-state index < -0.39 is 9.84 Å². The summed E-state index contributed by atoms with van der Waals surface area (Å²) in [6.07, 6.45) is 4.09. The number of aliphatic hydroxyl groups is 1. The predicted octanol–water partition coefficient (Wildman–Crippen LogP) is 0.902. The van der Waals surface area contributed by atoms with Crippen molar-refractivity contribution in [2.24, 2.45) is 0 Å². The van der Waals surface area contributed by atoms with E-state index >= 15 is 0 Å². The maximum atomic E-state index is 11.4. The predicted molar refractivity (Wildman–Crippen MR) is 67.3 cm³/mol. The summed E-state index contributed by atoms with van der Waals surface area (Å²) in [4.78, 5) is 2.07. The highest BCUT2D eigenvalue weighted by molar-refractivity contribution is 7.91. The van der Waals surface area contributed by atoms with Gasteiger partial charge in [0.15, 0.2) is 9.84 Å². The minimum Gasteiger partial charge on any atom is -0.396 e. The smallest absolute Gasteiger partial charge is 0.151 e. The van der Waals surface area contributed by atoms with Crippen molar-refractivity contribution >= 4 is 9.84 Å². The zero-order valence-electron chi connectivity index (χ0n) is 10.8. The molecule has 0 amide bonds.